The maximum Gasteiger partial charge on any atom is 0.273 e. The van der Waals surface area contributed by atoms with Crippen LogP contribution in [0, 0.1) is 15.9 Å². The van der Waals surface area contributed by atoms with Crippen LogP contribution in [0.3, 0.4) is 0 Å². The Balaban J connectivity index is 2.49. The van der Waals surface area contributed by atoms with Crippen LogP contribution in [-0.2, 0) is 0 Å². The highest BCUT2D eigenvalue weighted by Crippen LogP contribution is 2.27. The van der Waals surface area contributed by atoms with E-state index in [1.807, 2.05) is 0 Å². The number of furan rings is 1. The number of halogens is 1. The molecule has 0 atom stereocenters. The Morgan fingerprint density at radius 1 is 1.33 bits per heavy atom. The van der Waals surface area contributed by atoms with E-state index in [9.17, 15) is 19.3 Å². The van der Waals surface area contributed by atoms with Gasteiger partial charge >= 0.3 is 0 Å². The monoisotopic (exact) mass is 249 g/mol. The molecule has 0 bridgehead atoms. The minimum absolute atomic E-state index is 0.122. The maximum absolute atomic E-state index is 13.2. The second-order valence-corrected chi connectivity index (χ2v) is 3.68. The predicted octanol–water partition coefficient (Wildman–Crippen LogP) is 3.20. The summed E-state index contributed by atoms with van der Waals surface area (Å²) in [5.41, 5.74) is -0.153. The number of nitro groups is 1. The van der Waals surface area contributed by atoms with E-state index in [0.717, 1.165) is 12.1 Å². The van der Waals surface area contributed by atoms with Crippen LogP contribution in [0.1, 0.15) is 17.5 Å². The number of nitro benzene ring substituents is 1. The molecular formula is C12H8FNO4. The van der Waals surface area contributed by atoms with Gasteiger partial charge < -0.3 is 4.42 Å². The van der Waals surface area contributed by atoms with E-state index in [0.29, 0.717) is 0 Å². The highest BCUT2D eigenvalue weighted by atomic mass is 19.1. The number of carbonyl (C=O) groups excluding carboxylic acids is 1. The topological polar surface area (TPSA) is 73.3 Å². The summed E-state index contributed by atoms with van der Waals surface area (Å²) in [4.78, 5) is 21.0. The van der Waals surface area contributed by atoms with Crippen LogP contribution in [0.4, 0.5) is 10.1 Å². The molecule has 0 aliphatic carbocycles. The molecule has 0 radical (unpaired) electrons. The Morgan fingerprint density at radius 2 is 2.06 bits per heavy atom. The van der Waals surface area contributed by atoms with Gasteiger partial charge in [0.15, 0.2) is 11.5 Å². The van der Waals surface area contributed by atoms with E-state index in [2.05, 4.69) is 0 Å². The molecule has 0 saturated heterocycles. The molecule has 1 heterocycles. The molecule has 92 valence electrons. The number of non-ortho nitro benzene ring substituents is 1. The Labute approximate surface area is 101 Å². The van der Waals surface area contributed by atoms with Gasteiger partial charge in [0.05, 0.1) is 11.0 Å². The molecule has 1 aromatic heterocycles. The number of carbonyl (C=O) groups is 1. The summed E-state index contributed by atoms with van der Waals surface area (Å²) in [6.07, 6.45) is 0. The van der Waals surface area contributed by atoms with Crippen molar-refractivity contribution in [3.8, 4) is 11.3 Å². The lowest BCUT2D eigenvalue weighted by Gasteiger charge is -1.98. The molecule has 0 fully saturated rings. The van der Waals surface area contributed by atoms with Gasteiger partial charge in [-0.3, -0.25) is 14.9 Å². The summed E-state index contributed by atoms with van der Waals surface area (Å²) in [5.74, 6) is -0.674. The van der Waals surface area contributed by atoms with Crippen molar-refractivity contribution < 1.29 is 18.5 Å². The van der Waals surface area contributed by atoms with Crippen LogP contribution < -0.4 is 0 Å². The molecule has 0 unspecified atom stereocenters. The highest BCUT2D eigenvalue weighted by Gasteiger charge is 2.14. The third kappa shape index (κ3) is 2.27. The third-order valence-electron chi connectivity index (χ3n) is 2.33. The second kappa shape index (κ2) is 4.40. The summed E-state index contributed by atoms with van der Waals surface area (Å²) >= 11 is 0. The summed E-state index contributed by atoms with van der Waals surface area (Å²) in [7, 11) is 0. The van der Waals surface area contributed by atoms with Crippen LogP contribution in [0.15, 0.2) is 34.7 Å². The lowest BCUT2D eigenvalue weighted by molar-refractivity contribution is -0.385. The summed E-state index contributed by atoms with van der Waals surface area (Å²) in [5, 5.41) is 10.6. The van der Waals surface area contributed by atoms with Crippen molar-refractivity contribution in [3.63, 3.8) is 0 Å². The first-order chi connectivity index (χ1) is 8.47. The van der Waals surface area contributed by atoms with Crippen LogP contribution in [0.2, 0.25) is 0 Å². The standard InChI is InChI=1S/C12H8FNO4/c1-7(15)11-2-3-12(18-11)8-4-9(13)6-10(5-8)14(16)17/h2-6H,1H3. The largest absolute Gasteiger partial charge is 0.453 e. The van der Waals surface area contributed by atoms with Crippen molar-refractivity contribution in [2.45, 2.75) is 6.92 Å². The van der Waals surface area contributed by atoms with Gasteiger partial charge in [-0.2, -0.15) is 0 Å². The molecule has 5 nitrogen and oxygen atoms in total. The molecule has 2 rings (SSSR count). The molecule has 0 aliphatic rings. The molecule has 6 heteroatoms. The van der Waals surface area contributed by atoms with E-state index >= 15 is 0 Å². The van der Waals surface area contributed by atoms with Gasteiger partial charge in [0, 0.05) is 18.6 Å². The number of benzene rings is 1. The van der Waals surface area contributed by atoms with Crippen molar-refractivity contribution in [3.05, 3.63) is 52.0 Å². The minimum atomic E-state index is -0.736. The van der Waals surface area contributed by atoms with Crippen LogP contribution in [0.25, 0.3) is 11.3 Å². The summed E-state index contributed by atoms with van der Waals surface area (Å²) in [6, 6.07) is 6.02. The van der Waals surface area contributed by atoms with E-state index in [1.165, 1.54) is 25.1 Å². The normalized spacial score (nSPS) is 10.3. The first-order valence-electron chi connectivity index (χ1n) is 5.03. The first-order valence-corrected chi connectivity index (χ1v) is 5.03. The van der Waals surface area contributed by atoms with Crippen molar-refractivity contribution in [1.29, 1.82) is 0 Å². The Morgan fingerprint density at radius 3 is 2.61 bits per heavy atom. The van der Waals surface area contributed by atoms with Crippen LogP contribution >= 0.6 is 0 Å². The van der Waals surface area contributed by atoms with E-state index < -0.39 is 10.7 Å². The molecule has 2 aromatic rings. The molecule has 0 spiro atoms. The SMILES string of the molecule is CC(=O)c1ccc(-c2cc(F)cc([N+](=O)[O-])c2)o1. The van der Waals surface area contributed by atoms with Crippen molar-refractivity contribution in [2.75, 3.05) is 0 Å². The smallest absolute Gasteiger partial charge is 0.273 e. The first kappa shape index (κ1) is 12.0. The fraction of sp³-hybridized carbons (Fsp3) is 0.0833. The number of nitrogens with zero attached hydrogens (tertiary/aromatic N) is 1. The Hall–Kier alpha value is -2.50. The van der Waals surface area contributed by atoms with Gasteiger partial charge in [-0.25, -0.2) is 4.39 Å². The predicted molar refractivity (Wildman–Crippen MR) is 60.8 cm³/mol. The molecule has 0 saturated carbocycles. The van der Waals surface area contributed by atoms with Crippen molar-refractivity contribution in [1.82, 2.24) is 0 Å². The minimum Gasteiger partial charge on any atom is -0.453 e. The fourth-order valence-corrected chi connectivity index (χ4v) is 1.50. The zero-order valence-corrected chi connectivity index (χ0v) is 9.34. The van der Waals surface area contributed by atoms with E-state index in [4.69, 9.17) is 4.42 Å². The van der Waals surface area contributed by atoms with Crippen LogP contribution in [0.5, 0.6) is 0 Å². The summed E-state index contributed by atoms with van der Waals surface area (Å²) < 4.78 is 18.4. The quantitative estimate of drug-likeness (QED) is 0.475. The van der Waals surface area contributed by atoms with Gasteiger partial charge in [0.1, 0.15) is 11.6 Å². The van der Waals surface area contributed by atoms with Crippen molar-refractivity contribution in [2.24, 2.45) is 0 Å². The van der Waals surface area contributed by atoms with Gasteiger partial charge in [-0.15, -0.1) is 0 Å². The van der Waals surface area contributed by atoms with Gasteiger partial charge in [-0.05, 0) is 18.2 Å². The van der Waals surface area contributed by atoms with Gasteiger partial charge in [0.25, 0.3) is 5.69 Å². The van der Waals surface area contributed by atoms with Crippen LogP contribution in [-0.4, -0.2) is 10.7 Å². The lowest BCUT2D eigenvalue weighted by Crippen LogP contribution is -1.90. The molecule has 0 N–H and O–H groups in total. The number of ketones is 1. The zero-order chi connectivity index (χ0) is 13.3. The average Bonchev–Trinajstić information content (AvgIpc) is 2.77. The number of rotatable bonds is 3. The van der Waals surface area contributed by atoms with E-state index in [-0.39, 0.29) is 28.6 Å². The molecule has 18 heavy (non-hydrogen) atoms. The molecule has 0 aliphatic heterocycles. The highest BCUT2D eigenvalue weighted by molar-refractivity contribution is 5.91. The number of Topliss-reactive ketones (excluding diaryl/α,β-unsaturated/α-hetero) is 1. The van der Waals surface area contributed by atoms with Crippen molar-refractivity contribution >= 4 is 11.5 Å². The Bertz CT molecular complexity index is 633. The number of hydrogen-bond acceptors (Lipinski definition) is 4. The summed E-state index contributed by atoms with van der Waals surface area (Å²) in [6.45, 7) is 1.33. The second-order valence-electron chi connectivity index (χ2n) is 3.68. The number of hydrogen-bond donors (Lipinski definition) is 0. The van der Waals surface area contributed by atoms with Gasteiger partial charge in [-0.1, -0.05) is 0 Å². The zero-order valence-electron chi connectivity index (χ0n) is 9.34. The molecule has 1 aromatic carbocycles. The lowest BCUT2D eigenvalue weighted by atomic mass is 10.1. The third-order valence-corrected chi connectivity index (χ3v) is 2.33. The fourth-order valence-electron chi connectivity index (χ4n) is 1.50. The average molecular weight is 249 g/mol. The van der Waals surface area contributed by atoms with Gasteiger partial charge in [0.2, 0.25) is 0 Å². The molecular weight excluding hydrogens is 241 g/mol. The Kier molecular flexibility index (Phi) is 2.93. The maximum atomic E-state index is 13.2. The molecule has 0 amide bonds. The van der Waals surface area contributed by atoms with E-state index in [1.54, 1.807) is 0 Å².